The number of aromatic hydroxyl groups is 2. The number of aryl methyl sites for hydroxylation is 3. The highest BCUT2D eigenvalue weighted by molar-refractivity contribution is 5.86. The van der Waals surface area contributed by atoms with Crippen LogP contribution in [-0.2, 0) is 4.79 Å². The van der Waals surface area contributed by atoms with Gasteiger partial charge >= 0.3 is 5.97 Å². The lowest BCUT2D eigenvalue weighted by atomic mass is 10.0. The van der Waals surface area contributed by atoms with Gasteiger partial charge in [0, 0.05) is 12.5 Å². The van der Waals surface area contributed by atoms with Gasteiger partial charge in [-0.3, -0.25) is 14.4 Å². The van der Waals surface area contributed by atoms with Crippen molar-refractivity contribution in [2.24, 2.45) is 0 Å². The van der Waals surface area contributed by atoms with Gasteiger partial charge in [0.1, 0.15) is 40.9 Å². The van der Waals surface area contributed by atoms with E-state index in [0.29, 0.717) is 49.9 Å². The molecule has 2 aromatic heterocycles. The van der Waals surface area contributed by atoms with E-state index >= 15 is 0 Å². The van der Waals surface area contributed by atoms with E-state index < -0.39 is 0 Å². The SMILES string of the molecule is C.CC(=O)Oc1ccc(-c2coc3c(C)c(C)ccc3c2=O)cc1.Cc1c(O)ccc2c(=O)c(-c3ccc(O)cc3)coc12. The molecule has 0 saturated carbocycles. The van der Waals surface area contributed by atoms with Crippen LogP contribution in [0.1, 0.15) is 31.0 Å². The quantitative estimate of drug-likeness (QED) is 0.157. The predicted octanol–water partition coefficient (Wildman–Crippen LogP) is 7.82. The fourth-order valence-electron chi connectivity index (χ4n) is 4.67. The zero-order valence-electron chi connectivity index (χ0n) is 23.9. The Morgan fingerprint density at radius 3 is 1.66 bits per heavy atom. The van der Waals surface area contributed by atoms with Crippen LogP contribution in [0.15, 0.2) is 104 Å². The molecule has 0 spiro atoms. The third-order valence-corrected chi connectivity index (χ3v) is 7.23. The van der Waals surface area contributed by atoms with Gasteiger partial charge in [0.15, 0.2) is 5.43 Å². The third-order valence-electron chi connectivity index (χ3n) is 7.23. The van der Waals surface area contributed by atoms with Crippen LogP contribution < -0.4 is 15.6 Å². The van der Waals surface area contributed by atoms with Crippen molar-refractivity contribution in [1.82, 2.24) is 0 Å². The molecule has 6 rings (SSSR count). The number of phenolic OH excluding ortho intramolecular Hbond substituents is 2. The number of carbonyl (C=O) groups excluding carboxylic acids is 1. The molecule has 0 unspecified atom stereocenters. The van der Waals surface area contributed by atoms with Gasteiger partial charge in [0.2, 0.25) is 5.43 Å². The average Bonchev–Trinajstić information content (AvgIpc) is 2.99. The summed E-state index contributed by atoms with van der Waals surface area (Å²) in [6, 6.07) is 19.9. The molecular formula is C36H32O8. The molecule has 0 radical (unpaired) electrons. The normalized spacial score (nSPS) is 10.5. The van der Waals surface area contributed by atoms with Gasteiger partial charge in [-0.1, -0.05) is 37.8 Å². The summed E-state index contributed by atoms with van der Waals surface area (Å²) < 4.78 is 16.2. The van der Waals surface area contributed by atoms with E-state index in [1.54, 1.807) is 55.5 Å². The van der Waals surface area contributed by atoms with Crippen molar-refractivity contribution >= 4 is 27.9 Å². The van der Waals surface area contributed by atoms with Crippen molar-refractivity contribution < 1.29 is 28.6 Å². The number of rotatable bonds is 3. The Morgan fingerprint density at radius 2 is 1.14 bits per heavy atom. The molecule has 0 atom stereocenters. The van der Waals surface area contributed by atoms with E-state index in [2.05, 4.69) is 0 Å². The van der Waals surface area contributed by atoms with Gasteiger partial charge in [-0.15, -0.1) is 0 Å². The van der Waals surface area contributed by atoms with Gasteiger partial charge in [-0.05, 0) is 85.5 Å². The molecule has 224 valence electrons. The summed E-state index contributed by atoms with van der Waals surface area (Å²) in [7, 11) is 0. The highest BCUT2D eigenvalue weighted by Gasteiger charge is 2.13. The van der Waals surface area contributed by atoms with E-state index in [1.165, 1.54) is 37.6 Å². The Kier molecular flexibility index (Phi) is 9.04. The monoisotopic (exact) mass is 592 g/mol. The molecule has 0 aliphatic carbocycles. The lowest BCUT2D eigenvalue weighted by Gasteiger charge is -2.07. The minimum absolute atomic E-state index is 0. The second kappa shape index (κ2) is 12.7. The maximum Gasteiger partial charge on any atom is 0.308 e. The van der Waals surface area contributed by atoms with E-state index in [9.17, 15) is 24.6 Å². The molecule has 8 heteroatoms. The Balaban J connectivity index is 0.000000198. The van der Waals surface area contributed by atoms with Crippen molar-refractivity contribution in [3.8, 4) is 39.5 Å². The first-order valence-electron chi connectivity index (χ1n) is 13.4. The van der Waals surface area contributed by atoms with E-state index in [-0.39, 0.29) is 35.8 Å². The fourth-order valence-corrected chi connectivity index (χ4v) is 4.67. The van der Waals surface area contributed by atoms with Gasteiger partial charge in [-0.2, -0.15) is 0 Å². The molecule has 2 heterocycles. The number of hydrogen-bond donors (Lipinski definition) is 2. The fraction of sp³-hybridized carbons (Fsp3) is 0.139. The van der Waals surface area contributed by atoms with Crippen molar-refractivity contribution in [2.45, 2.75) is 35.1 Å². The van der Waals surface area contributed by atoms with Gasteiger partial charge in [-0.25, -0.2) is 0 Å². The van der Waals surface area contributed by atoms with Crippen molar-refractivity contribution in [3.05, 3.63) is 122 Å². The van der Waals surface area contributed by atoms with Crippen LogP contribution in [0.4, 0.5) is 0 Å². The zero-order valence-corrected chi connectivity index (χ0v) is 23.9. The molecule has 0 aliphatic rings. The van der Waals surface area contributed by atoms with E-state index in [1.807, 2.05) is 19.9 Å². The Hall–Kier alpha value is -5.63. The highest BCUT2D eigenvalue weighted by atomic mass is 16.5. The molecule has 6 aromatic rings. The number of benzene rings is 4. The maximum absolute atomic E-state index is 12.7. The maximum atomic E-state index is 12.7. The Bertz CT molecular complexity index is 2100. The summed E-state index contributed by atoms with van der Waals surface area (Å²) in [6.07, 6.45) is 2.86. The van der Waals surface area contributed by atoms with Crippen molar-refractivity contribution in [3.63, 3.8) is 0 Å². The molecule has 8 nitrogen and oxygen atoms in total. The number of hydrogen-bond acceptors (Lipinski definition) is 8. The Labute approximate surface area is 253 Å². The number of ether oxygens (including phenoxy) is 1. The summed E-state index contributed by atoms with van der Waals surface area (Å²) in [5.41, 5.74) is 5.64. The first kappa shape index (κ1) is 31.3. The molecule has 0 bridgehead atoms. The summed E-state index contributed by atoms with van der Waals surface area (Å²) in [4.78, 5) is 36.1. The Morgan fingerprint density at radius 1 is 0.659 bits per heavy atom. The molecule has 0 aliphatic heterocycles. The van der Waals surface area contributed by atoms with Gasteiger partial charge in [0.05, 0.1) is 21.9 Å². The summed E-state index contributed by atoms with van der Waals surface area (Å²) in [6.45, 7) is 6.96. The smallest absolute Gasteiger partial charge is 0.308 e. The summed E-state index contributed by atoms with van der Waals surface area (Å²) in [5, 5.41) is 19.9. The molecule has 4 aromatic carbocycles. The number of esters is 1. The largest absolute Gasteiger partial charge is 0.508 e. The standard InChI is InChI=1S/C19H16O4.C16H12O4.CH4/c1-11-4-9-16-18(21)17(10-22-19(16)12(11)2)14-5-7-15(8-6-14)23-13(3)20;1-9-14(18)7-6-12-15(19)13(8-20-16(9)12)10-2-4-11(17)5-3-10;/h4-10H,1-3H3;2-8,17-18H,1H3;1H4. The summed E-state index contributed by atoms with van der Waals surface area (Å²) >= 11 is 0. The first-order valence-corrected chi connectivity index (χ1v) is 13.4. The molecular weight excluding hydrogens is 560 g/mol. The third kappa shape index (κ3) is 6.10. The second-order valence-corrected chi connectivity index (χ2v) is 10.1. The van der Waals surface area contributed by atoms with Gasteiger partial charge < -0.3 is 23.8 Å². The lowest BCUT2D eigenvalue weighted by molar-refractivity contribution is -0.131. The van der Waals surface area contributed by atoms with Crippen LogP contribution >= 0.6 is 0 Å². The molecule has 44 heavy (non-hydrogen) atoms. The van der Waals surface area contributed by atoms with Crippen LogP contribution in [0.2, 0.25) is 0 Å². The van der Waals surface area contributed by atoms with Crippen molar-refractivity contribution in [1.29, 1.82) is 0 Å². The number of fused-ring (bicyclic) bond motifs is 2. The minimum atomic E-state index is -0.381. The average molecular weight is 593 g/mol. The number of carbonyl (C=O) groups is 1. The number of phenols is 2. The van der Waals surface area contributed by atoms with Crippen LogP contribution in [-0.4, -0.2) is 16.2 Å². The predicted molar refractivity (Wildman–Crippen MR) is 171 cm³/mol. The molecule has 2 N–H and O–H groups in total. The summed E-state index contributed by atoms with van der Waals surface area (Å²) in [5.74, 6) is 0.296. The van der Waals surface area contributed by atoms with Crippen LogP contribution in [0.3, 0.4) is 0 Å². The lowest BCUT2D eigenvalue weighted by Crippen LogP contribution is -2.06. The topological polar surface area (TPSA) is 127 Å². The van der Waals surface area contributed by atoms with E-state index in [4.69, 9.17) is 13.6 Å². The molecule has 0 fully saturated rings. The second-order valence-electron chi connectivity index (χ2n) is 10.1. The van der Waals surface area contributed by atoms with Crippen LogP contribution in [0.5, 0.6) is 17.2 Å². The first-order chi connectivity index (χ1) is 20.5. The minimum Gasteiger partial charge on any atom is -0.508 e. The van der Waals surface area contributed by atoms with E-state index in [0.717, 1.165) is 16.7 Å². The molecule has 0 amide bonds. The van der Waals surface area contributed by atoms with Gasteiger partial charge in [0.25, 0.3) is 0 Å². The highest BCUT2D eigenvalue weighted by Crippen LogP contribution is 2.28. The van der Waals surface area contributed by atoms with Crippen molar-refractivity contribution in [2.75, 3.05) is 0 Å². The van der Waals surface area contributed by atoms with Crippen LogP contribution in [0, 0.1) is 20.8 Å². The zero-order chi connectivity index (χ0) is 30.8. The van der Waals surface area contributed by atoms with Crippen LogP contribution in [0.25, 0.3) is 44.2 Å². The molecule has 0 saturated heterocycles.